The molecule has 21 heavy (non-hydrogen) atoms. The van der Waals surface area contributed by atoms with Crippen LogP contribution < -0.4 is 5.32 Å². The molecule has 1 aromatic heterocycles. The summed E-state index contributed by atoms with van der Waals surface area (Å²) in [5.74, 6) is 2.32. The van der Waals surface area contributed by atoms with E-state index < -0.39 is 0 Å². The van der Waals surface area contributed by atoms with Gasteiger partial charge in [0.15, 0.2) is 0 Å². The number of rotatable bonds is 5. The van der Waals surface area contributed by atoms with Crippen molar-refractivity contribution in [2.75, 3.05) is 12.4 Å². The Kier molecular flexibility index (Phi) is 5.81. The summed E-state index contributed by atoms with van der Waals surface area (Å²) >= 11 is 8.24. The molecule has 1 heterocycles. The number of aromatic nitrogens is 2. The molecule has 0 unspecified atom stereocenters. The van der Waals surface area contributed by atoms with Crippen molar-refractivity contribution in [1.29, 1.82) is 0 Å². The molecule has 2 rings (SSSR count). The second-order valence-corrected chi connectivity index (χ2v) is 6.92. The predicted octanol–water partition coefficient (Wildman–Crippen LogP) is 4.57. The normalized spacial score (nSPS) is 11.0. The number of hydrogen-bond donors (Lipinski definition) is 1. The van der Waals surface area contributed by atoms with E-state index in [1.807, 2.05) is 31.3 Å². The zero-order valence-electron chi connectivity index (χ0n) is 12.5. The molecule has 0 radical (unpaired) electrons. The third-order valence-corrected chi connectivity index (χ3v) is 4.47. The van der Waals surface area contributed by atoms with Crippen molar-refractivity contribution in [3.8, 4) is 0 Å². The van der Waals surface area contributed by atoms with Gasteiger partial charge in [0.25, 0.3) is 0 Å². The van der Waals surface area contributed by atoms with Crippen molar-refractivity contribution in [2.45, 2.75) is 26.7 Å². The van der Waals surface area contributed by atoms with Crippen LogP contribution in [0.15, 0.2) is 24.3 Å². The van der Waals surface area contributed by atoms with Gasteiger partial charge in [-0.25, -0.2) is 9.97 Å². The van der Waals surface area contributed by atoms with E-state index in [-0.39, 0.29) is 0 Å². The van der Waals surface area contributed by atoms with Crippen molar-refractivity contribution in [1.82, 2.24) is 9.97 Å². The Morgan fingerprint density at radius 1 is 1.19 bits per heavy atom. The molecule has 1 aromatic carbocycles. The lowest BCUT2D eigenvalue weighted by Crippen LogP contribution is -2.10. The number of hydrogen-bond acceptors (Lipinski definition) is 3. The first kappa shape index (κ1) is 16.5. The van der Waals surface area contributed by atoms with Gasteiger partial charge in [-0.2, -0.15) is 0 Å². The van der Waals surface area contributed by atoms with Crippen LogP contribution in [0, 0.1) is 9.49 Å². The summed E-state index contributed by atoms with van der Waals surface area (Å²) in [6, 6.07) is 7.84. The fraction of sp³-hybridized carbons (Fsp3) is 0.375. The Hall–Kier alpha value is -0.880. The summed E-state index contributed by atoms with van der Waals surface area (Å²) in [4.78, 5) is 9.36. The molecule has 0 saturated heterocycles. The third kappa shape index (κ3) is 4.54. The van der Waals surface area contributed by atoms with Crippen LogP contribution in [0.1, 0.15) is 30.9 Å². The quantitative estimate of drug-likeness (QED) is 0.727. The first-order valence-electron chi connectivity index (χ1n) is 6.97. The molecule has 0 bridgehead atoms. The summed E-state index contributed by atoms with van der Waals surface area (Å²) in [7, 11) is 1.90. The van der Waals surface area contributed by atoms with Crippen LogP contribution >= 0.6 is 34.2 Å². The molecular weight excluding hydrogens is 397 g/mol. The van der Waals surface area contributed by atoms with Crippen molar-refractivity contribution in [3.63, 3.8) is 0 Å². The molecule has 0 spiro atoms. The molecule has 0 atom stereocenters. The van der Waals surface area contributed by atoms with E-state index in [1.54, 1.807) is 0 Å². The summed E-state index contributed by atoms with van der Waals surface area (Å²) in [6.07, 6.45) is 1.68. The second kappa shape index (κ2) is 7.40. The average Bonchev–Trinajstić information content (AvgIpc) is 2.44. The molecule has 0 aliphatic heterocycles. The van der Waals surface area contributed by atoms with E-state index in [1.165, 1.54) is 0 Å². The molecule has 0 aliphatic carbocycles. The molecule has 112 valence electrons. The Labute approximate surface area is 144 Å². The minimum Gasteiger partial charge on any atom is -0.372 e. The topological polar surface area (TPSA) is 37.8 Å². The van der Waals surface area contributed by atoms with E-state index >= 15 is 0 Å². The van der Waals surface area contributed by atoms with Gasteiger partial charge in [0.2, 0.25) is 0 Å². The lowest BCUT2D eigenvalue weighted by atomic mass is 10.1. The van der Waals surface area contributed by atoms with Gasteiger partial charge in [-0.05, 0) is 52.6 Å². The lowest BCUT2D eigenvalue weighted by Gasteiger charge is -2.12. The molecule has 0 fully saturated rings. The smallest absolute Gasteiger partial charge is 0.143 e. The molecule has 0 saturated carbocycles. The summed E-state index contributed by atoms with van der Waals surface area (Å²) in [6.45, 7) is 4.41. The van der Waals surface area contributed by atoms with E-state index in [2.05, 4.69) is 46.7 Å². The largest absolute Gasteiger partial charge is 0.372 e. The van der Waals surface area contributed by atoms with Crippen LogP contribution in [-0.4, -0.2) is 17.0 Å². The molecule has 0 amide bonds. The van der Waals surface area contributed by atoms with Gasteiger partial charge in [-0.3, -0.25) is 0 Å². The molecular formula is C16H19ClIN3. The Morgan fingerprint density at radius 3 is 2.43 bits per heavy atom. The fourth-order valence-electron chi connectivity index (χ4n) is 2.10. The number of anilines is 1. The van der Waals surface area contributed by atoms with Crippen molar-refractivity contribution in [2.24, 2.45) is 5.92 Å². The van der Waals surface area contributed by atoms with Crippen molar-refractivity contribution in [3.05, 3.63) is 49.9 Å². The maximum absolute atomic E-state index is 5.92. The van der Waals surface area contributed by atoms with Gasteiger partial charge in [0.05, 0.1) is 9.26 Å². The van der Waals surface area contributed by atoms with Crippen LogP contribution in [0.4, 0.5) is 5.82 Å². The Morgan fingerprint density at radius 2 is 1.86 bits per heavy atom. The monoisotopic (exact) mass is 415 g/mol. The van der Waals surface area contributed by atoms with Gasteiger partial charge in [-0.1, -0.05) is 37.6 Å². The van der Waals surface area contributed by atoms with Crippen LogP contribution in [-0.2, 0) is 12.8 Å². The second-order valence-electron chi connectivity index (χ2n) is 5.40. The maximum atomic E-state index is 5.92. The van der Waals surface area contributed by atoms with Crippen LogP contribution in [0.2, 0.25) is 5.02 Å². The first-order valence-corrected chi connectivity index (χ1v) is 8.42. The number of nitrogens with zero attached hydrogens (tertiary/aromatic N) is 2. The van der Waals surface area contributed by atoms with E-state index in [0.29, 0.717) is 12.3 Å². The highest BCUT2D eigenvalue weighted by molar-refractivity contribution is 14.1. The highest BCUT2D eigenvalue weighted by atomic mass is 127. The van der Waals surface area contributed by atoms with Crippen LogP contribution in [0.25, 0.3) is 0 Å². The van der Waals surface area contributed by atoms with Crippen LogP contribution in [0.3, 0.4) is 0 Å². The first-order chi connectivity index (χ1) is 9.99. The highest BCUT2D eigenvalue weighted by Crippen LogP contribution is 2.22. The summed E-state index contributed by atoms with van der Waals surface area (Å²) in [5, 5.41) is 3.91. The van der Waals surface area contributed by atoms with E-state index in [0.717, 1.165) is 37.9 Å². The molecule has 5 heteroatoms. The predicted molar refractivity (Wildman–Crippen MR) is 97.1 cm³/mol. The van der Waals surface area contributed by atoms with Gasteiger partial charge in [0.1, 0.15) is 11.6 Å². The summed E-state index contributed by atoms with van der Waals surface area (Å²) in [5.41, 5.74) is 2.28. The number of nitrogens with one attached hydrogen (secondary N) is 1. The van der Waals surface area contributed by atoms with Gasteiger partial charge < -0.3 is 5.32 Å². The number of benzene rings is 1. The maximum Gasteiger partial charge on any atom is 0.143 e. The average molecular weight is 416 g/mol. The Bertz CT molecular complexity index is 612. The molecule has 1 N–H and O–H groups in total. The minimum absolute atomic E-state index is 0.571. The van der Waals surface area contributed by atoms with Gasteiger partial charge in [-0.15, -0.1) is 0 Å². The third-order valence-electron chi connectivity index (χ3n) is 3.08. The van der Waals surface area contributed by atoms with Gasteiger partial charge in [0, 0.05) is 18.5 Å². The van der Waals surface area contributed by atoms with E-state index in [9.17, 15) is 0 Å². The highest BCUT2D eigenvalue weighted by Gasteiger charge is 2.13. The van der Waals surface area contributed by atoms with Crippen molar-refractivity contribution < 1.29 is 0 Å². The molecule has 2 aromatic rings. The Balaban J connectivity index is 2.32. The van der Waals surface area contributed by atoms with Crippen molar-refractivity contribution >= 4 is 40.0 Å². The lowest BCUT2D eigenvalue weighted by molar-refractivity contribution is 0.628. The number of halogens is 2. The summed E-state index contributed by atoms with van der Waals surface area (Å²) < 4.78 is 1.11. The standard InChI is InChI=1S/C16H19ClIN3/c1-10(2)8-13-15(18)16(19-3)21-14(20-13)9-11-4-6-12(17)7-5-11/h4-7,10H,8-9H2,1-3H3,(H,19,20,21). The SMILES string of the molecule is CNc1nc(Cc2ccc(Cl)cc2)nc(CC(C)C)c1I. The zero-order valence-corrected chi connectivity index (χ0v) is 15.4. The minimum atomic E-state index is 0.571. The molecule has 0 aliphatic rings. The molecule has 3 nitrogen and oxygen atoms in total. The van der Waals surface area contributed by atoms with E-state index in [4.69, 9.17) is 16.6 Å². The van der Waals surface area contributed by atoms with Gasteiger partial charge >= 0.3 is 0 Å². The fourth-order valence-corrected chi connectivity index (χ4v) is 2.95. The van der Waals surface area contributed by atoms with Crippen LogP contribution in [0.5, 0.6) is 0 Å². The zero-order chi connectivity index (χ0) is 15.4.